The normalized spacial score (nSPS) is 15.0. The van der Waals surface area contributed by atoms with Gasteiger partial charge in [-0.15, -0.1) is 0 Å². The lowest BCUT2D eigenvalue weighted by Crippen LogP contribution is -2.39. The van der Waals surface area contributed by atoms with Gasteiger partial charge in [-0.05, 0) is 88.8 Å². The summed E-state index contributed by atoms with van der Waals surface area (Å²) in [5.41, 5.74) is 2.98. The molecule has 0 bridgehead atoms. The third-order valence-electron chi connectivity index (χ3n) is 5.87. The number of amides is 1. The fraction of sp³-hybridized carbons (Fsp3) is 0.433. The Morgan fingerprint density at radius 3 is 1.97 bits per heavy atom. The van der Waals surface area contributed by atoms with Gasteiger partial charge < -0.3 is 19.5 Å². The van der Waals surface area contributed by atoms with E-state index in [-0.39, 0.29) is 6.09 Å². The maximum atomic E-state index is 12.3. The van der Waals surface area contributed by atoms with Crippen LogP contribution in [0.3, 0.4) is 0 Å². The van der Waals surface area contributed by atoms with Gasteiger partial charge in [-0.25, -0.2) is 9.59 Å². The average molecular weight is 508 g/mol. The fourth-order valence-corrected chi connectivity index (χ4v) is 4.05. The van der Waals surface area contributed by atoms with Gasteiger partial charge in [-0.3, -0.25) is 4.79 Å². The number of aliphatic carboxylic acids is 1. The van der Waals surface area contributed by atoms with E-state index in [1.54, 1.807) is 29.2 Å². The van der Waals surface area contributed by atoms with Crippen LogP contribution in [-0.4, -0.2) is 52.3 Å². The monoisotopic (exact) mass is 507 g/mol. The van der Waals surface area contributed by atoms with Crippen molar-refractivity contribution in [3.8, 4) is 0 Å². The molecule has 0 radical (unpaired) electrons. The third kappa shape index (κ3) is 8.20. The molecule has 1 heterocycles. The number of carboxylic acids is 1. The number of hydrogen-bond acceptors (Lipinski definition) is 5. The van der Waals surface area contributed by atoms with E-state index >= 15 is 0 Å². The summed E-state index contributed by atoms with van der Waals surface area (Å²) in [6.07, 6.45) is 2.70. The Labute approximate surface area is 219 Å². The first-order valence-corrected chi connectivity index (χ1v) is 12.5. The van der Waals surface area contributed by atoms with Crippen molar-refractivity contribution < 1.29 is 29.0 Å². The van der Waals surface area contributed by atoms with Crippen molar-refractivity contribution in [3.63, 3.8) is 0 Å². The Bertz CT molecular complexity index is 1150. The number of nitrogens with zero attached hydrogens (tertiary/aromatic N) is 1. The molecule has 7 heteroatoms. The molecule has 3 rings (SSSR count). The van der Waals surface area contributed by atoms with Gasteiger partial charge in [-0.2, -0.15) is 0 Å². The highest BCUT2D eigenvalue weighted by Crippen LogP contribution is 2.27. The Morgan fingerprint density at radius 2 is 1.49 bits per heavy atom. The van der Waals surface area contributed by atoms with Gasteiger partial charge in [0, 0.05) is 13.1 Å². The van der Waals surface area contributed by atoms with E-state index in [1.165, 1.54) is 0 Å². The summed E-state index contributed by atoms with van der Waals surface area (Å²) < 4.78 is 10.8. The summed E-state index contributed by atoms with van der Waals surface area (Å²) in [5, 5.41) is 9.90. The van der Waals surface area contributed by atoms with E-state index in [9.17, 15) is 19.5 Å². The molecule has 1 unspecified atom stereocenters. The molecule has 7 nitrogen and oxygen atoms in total. The predicted molar refractivity (Wildman–Crippen MR) is 143 cm³/mol. The van der Waals surface area contributed by atoms with Gasteiger partial charge >= 0.3 is 18.0 Å². The number of carbonyl (C=O) groups excluding carboxylic acids is 2. The van der Waals surface area contributed by atoms with E-state index in [0.29, 0.717) is 37.1 Å². The standard InChI is InChI=1S/C30H37NO6/c1-29(2,3)36-27(34)24-9-7-20(8-10-24)19-25(26(32)33)23-13-11-21(12-14-23)22-15-17-31(18-16-22)28(35)37-30(4,5)6/h7-15,25H,16-19H2,1-6H3,(H,32,33). The molecule has 37 heavy (non-hydrogen) atoms. The van der Waals surface area contributed by atoms with Gasteiger partial charge in [-0.1, -0.05) is 42.5 Å². The predicted octanol–water partition coefficient (Wildman–Crippen LogP) is 6.08. The molecule has 1 aliphatic rings. The van der Waals surface area contributed by atoms with E-state index in [0.717, 1.165) is 16.7 Å². The van der Waals surface area contributed by atoms with Crippen molar-refractivity contribution in [2.45, 2.75) is 71.5 Å². The third-order valence-corrected chi connectivity index (χ3v) is 5.87. The highest BCUT2D eigenvalue weighted by Gasteiger charge is 2.25. The fourth-order valence-electron chi connectivity index (χ4n) is 4.05. The van der Waals surface area contributed by atoms with E-state index in [2.05, 4.69) is 0 Å². The largest absolute Gasteiger partial charge is 0.481 e. The number of esters is 1. The molecule has 1 N–H and O–H groups in total. The summed E-state index contributed by atoms with van der Waals surface area (Å²) in [7, 11) is 0. The summed E-state index contributed by atoms with van der Waals surface area (Å²) >= 11 is 0. The topological polar surface area (TPSA) is 93.1 Å². The Hall–Kier alpha value is -3.61. The van der Waals surface area contributed by atoms with Crippen LogP contribution in [-0.2, 0) is 20.7 Å². The number of ether oxygens (including phenoxy) is 2. The number of carboxylic acid groups (broad SMARTS) is 1. The first-order valence-electron chi connectivity index (χ1n) is 12.5. The average Bonchev–Trinajstić information content (AvgIpc) is 2.81. The molecule has 0 saturated heterocycles. The molecule has 198 valence electrons. The molecule has 1 aliphatic heterocycles. The Balaban J connectivity index is 1.66. The smallest absolute Gasteiger partial charge is 0.410 e. The van der Waals surface area contributed by atoms with Crippen LogP contribution in [0.1, 0.15) is 80.9 Å². The molecule has 0 saturated carbocycles. The van der Waals surface area contributed by atoms with Crippen molar-refractivity contribution >= 4 is 23.6 Å². The summed E-state index contributed by atoms with van der Waals surface area (Å²) in [5.74, 6) is -2.03. The van der Waals surface area contributed by atoms with Crippen LogP contribution in [0.15, 0.2) is 54.6 Å². The molecule has 0 aliphatic carbocycles. The SMILES string of the molecule is CC(C)(C)OC(=O)c1ccc(CC(C(=O)O)c2ccc(C3=CCN(C(=O)OC(C)(C)C)CC3)cc2)cc1. The number of benzene rings is 2. The number of carbonyl (C=O) groups is 3. The Morgan fingerprint density at radius 1 is 0.892 bits per heavy atom. The summed E-state index contributed by atoms with van der Waals surface area (Å²) in [6.45, 7) is 12.0. The van der Waals surface area contributed by atoms with Crippen LogP contribution in [0.4, 0.5) is 4.79 Å². The molecule has 2 aromatic carbocycles. The van der Waals surface area contributed by atoms with Crippen LogP contribution >= 0.6 is 0 Å². The molecular formula is C30H37NO6. The highest BCUT2D eigenvalue weighted by atomic mass is 16.6. The van der Waals surface area contributed by atoms with Crippen molar-refractivity contribution in [2.75, 3.05) is 13.1 Å². The lowest BCUT2D eigenvalue weighted by molar-refractivity contribution is -0.138. The maximum absolute atomic E-state index is 12.3. The van der Waals surface area contributed by atoms with E-state index in [4.69, 9.17) is 9.47 Å². The van der Waals surface area contributed by atoms with Crippen LogP contribution in [0.2, 0.25) is 0 Å². The van der Waals surface area contributed by atoms with Crippen LogP contribution < -0.4 is 0 Å². The molecule has 2 aromatic rings. The lowest BCUT2D eigenvalue weighted by atomic mass is 9.90. The minimum Gasteiger partial charge on any atom is -0.481 e. The van der Waals surface area contributed by atoms with Crippen molar-refractivity contribution in [1.82, 2.24) is 4.90 Å². The summed E-state index contributed by atoms with van der Waals surface area (Å²) in [6, 6.07) is 14.5. The zero-order chi connectivity index (χ0) is 27.4. The molecule has 0 aromatic heterocycles. The molecule has 0 fully saturated rings. The van der Waals surface area contributed by atoms with Crippen molar-refractivity contribution in [1.29, 1.82) is 0 Å². The second kappa shape index (κ2) is 11.2. The van der Waals surface area contributed by atoms with Gasteiger partial charge in [0.25, 0.3) is 0 Å². The van der Waals surface area contributed by atoms with Crippen molar-refractivity contribution in [2.24, 2.45) is 0 Å². The maximum Gasteiger partial charge on any atom is 0.410 e. The van der Waals surface area contributed by atoms with Gasteiger partial charge in [0.05, 0.1) is 11.5 Å². The second-order valence-electron chi connectivity index (χ2n) is 11.3. The van der Waals surface area contributed by atoms with Gasteiger partial charge in [0.15, 0.2) is 0 Å². The first-order chi connectivity index (χ1) is 17.2. The first kappa shape index (κ1) is 28.0. The Kier molecular flexibility index (Phi) is 8.46. The molecule has 0 spiro atoms. The van der Waals surface area contributed by atoms with Gasteiger partial charge in [0.2, 0.25) is 0 Å². The van der Waals surface area contributed by atoms with Crippen LogP contribution in [0, 0.1) is 0 Å². The zero-order valence-corrected chi connectivity index (χ0v) is 22.5. The van der Waals surface area contributed by atoms with E-state index < -0.39 is 29.1 Å². The van der Waals surface area contributed by atoms with Gasteiger partial charge in [0.1, 0.15) is 11.2 Å². The molecule has 1 amide bonds. The molecule has 1 atom stereocenters. The minimum absolute atomic E-state index is 0.302. The highest BCUT2D eigenvalue weighted by molar-refractivity contribution is 5.89. The summed E-state index contributed by atoms with van der Waals surface area (Å²) in [4.78, 5) is 38.3. The quantitative estimate of drug-likeness (QED) is 0.477. The minimum atomic E-state index is -0.908. The van der Waals surface area contributed by atoms with Crippen LogP contribution in [0.5, 0.6) is 0 Å². The zero-order valence-electron chi connectivity index (χ0n) is 22.5. The number of hydrogen-bond donors (Lipinski definition) is 1. The van der Waals surface area contributed by atoms with Crippen molar-refractivity contribution in [3.05, 3.63) is 76.9 Å². The van der Waals surface area contributed by atoms with E-state index in [1.807, 2.05) is 71.9 Å². The lowest BCUT2D eigenvalue weighted by Gasteiger charge is -2.29. The second-order valence-corrected chi connectivity index (χ2v) is 11.3. The van der Waals surface area contributed by atoms with Crippen LogP contribution in [0.25, 0.3) is 5.57 Å². The number of rotatable bonds is 6. The molecular weight excluding hydrogens is 470 g/mol.